The number of aryl methyl sites for hydroxylation is 1. The Kier molecular flexibility index (Phi) is 4.49. The molecule has 1 aromatic heterocycles. The lowest BCUT2D eigenvalue weighted by atomic mass is 10.1. The van der Waals surface area contributed by atoms with Gasteiger partial charge in [0.05, 0.1) is 6.04 Å². The summed E-state index contributed by atoms with van der Waals surface area (Å²) in [4.78, 5) is 15.5. The van der Waals surface area contributed by atoms with Crippen LogP contribution in [-0.2, 0) is 11.3 Å². The van der Waals surface area contributed by atoms with E-state index in [4.69, 9.17) is 12.2 Å². The Hall–Kier alpha value is -1.86. The van der Waals surface area contributed by atoms with Crippen LogP contribution in [0.4, 0.5) is 0 Å². The fourth-order valence-electron chi connectivity index (χ4n) is 1.21. The third-order valence-corrected chi connectivity index (χ3v) is 2.28. The lowest BCUT2D eigenvalue weighted by molar-refractivity contribution is -0.122. The molecule has 0 saturated heterocycles. The van der Waals surface area contributed by atoms with Crippen LogP contribution in [-0.4, -0.2) is 16.9 Å². The van der Waals surface area contributed by atoms with E-state index in [0.717, 1.165) is 11.1 Å². The van der Waals surface area contributed by atoms with Crippen LogP contribution in [0.1, 0.15) is 17.5 Å². The van der Waals surface area contributed by atoms with Gasteiger partial charge in [-0.25, -0.2) is 0 Å². The van der Waals surface area contributed by atoms with Gasteiger partial charge in [-0.2, -0.15) is 0 Å². The van der Waals surface area contributed by atoms with Crippen LogP contribution in [0.25, 0.3) is 0 Å². The number of nitrogens with zero attached hydrogens (tertiary/aromatic N) is 1. The number of amides is 1. The Morgan fingerprint density at radius 3 is 3.12 bits per heavy atom. The molecule has 1 heterocycles. The maximum Gasteiger partial charge on any atom is 0.238 e. The van der Waals surface area contributed by atoms with Crippen LogP contribution in [0.3, 0.4) is 0 Å². The van der Waals surface area contributed by atoms with Crippen molar-refractivity contribution in [2.24, 2.45) is 5.73 Å². The van der Waals surface area contributed by atoms with Gasteiger partial charge in [0.15, 0.2) is 0 Å². The Bertz CT molecular complexity index is 409. The Labute approximate surface area is 95.3 Å². The van der Waals surface area contributed by atoms with Crippen molar-refractivity contribution in [3.05, 3.63) is 29.6 Å². The number of hydrogen-bond donors (Lipinski definition) is 2. The normalized spacial score (nSPS) is 11.6. The molecule has 0 aromatic carbocycles. The molecule has 1 aromatic rings. The Morgan fingerprint density at radius 1 is 1.75 bits per heavy atom. The summed E-state index contributed by atoms with van der Waals surface area (Å²) in [7, 11) is 0. The highest BCUT2D eigenvalue weighted by Gasteiger charge is 2.11. The van der Waals surface area contributed by atoms with E-state index in [0.29, 0.717) is 6.54 Å². The average Bonchev–Trinajstić information content (AvgIpc) is 2.28. The summed E-state index contributed by atoms with van der Waals surface area (Å²) in [6, 6.07) is 1.25. The topological polar surface area (TPSA) is 68.0 Å². The Balaban J connectivity index is 2.50. The molecule has 0 aliphatic rings. The monoisotopic (exact) mass is 217 g/mol. The second-order valence-corrected chi connectivity index (χ2v) is 3.53. The van der Waals surface area contributed by atoms with Crippen molar-refractivity contribution in [2.75, 3.05) is 0 Å². The van der Waals surface area contributed by atoms with Crippen molar-refractivity contribution < 1.29 is 4.79 Å². The molecule has 16 heavy (non-hydrogen) atoms. The highest BCUT2D eigenvalue weighted by atomic mass is 16.2. The molecule has 0 saturated carbocycles. The summed E-state index contributed by atoms with van der Waals surface area (Å²) in [6.45, 7) is 2.39. The van der Waals surface area contributed by atoms with Gasteiger partial charge in [0, 0.05) is 25.4 Å². The summed E-state index contributed by atoms with van der Waals surface area (Å²) in [5, 5.41) is 2.72. The van der Waals surface area contributed by atoms with Crippen LogP contribution in [0, 0.1) is 19.3 Å². The van der Waals surface area contributed by atoms with E-state index in [1.165, 1.54) is 0 Å². The highest BCUT2D eigenvalue weighted by molar-refractivity contribution is 5.81. The summed E-state index contributed by atoms with van der Waals surface area (Å²) >= 11 is 0. The number of nitrogens with two attached hydrogens (primary N) is 1. The molecule has 3 N–H and O–H groups in total. The van der Waals surface area contributed by atoms with E-state index in [2.05, 4.69) is 16.2 Å². The summed E-state index contributed by atoms with van der Waals surface area (Å²) in [5.41, 5.74) is 7.62. The second-order valence-electron chi connectivity index (χ2n) is 3.53. The fraction of sp³-hybridized carbons (Fsp3) is 0.333. The van der Waals surface area contributed by atoms with Crippen molar-refractivity contribution in [3.63, 3.8) is 0 Å². The van der Waals surface area contributed by atoms with Crippen LogP contribution in [0.2, 0.25) is 0 Å². The molecule has 0 spiro atoms. The lowest BCUT2D eigenvalue weighted by Gasteiger charge is -2.10. The summed E-state index contributed by atoms with van der Waals surface area (Å²) in [5.74, 6) is 2.12. The van der Waals surface area contributed by atoms with Gasteiger partial charge in [-0.1, -0.05) is 0 Å². The van der Waals surface area contributed by atoms with E-state index in [1.807, 2.05) is 13.0 Å². The second kappa shape index (κ2) is 5.89. The number of rotatable bonds is 4. The third-order valence-electron chi connectivity index (χ3n) is 2.28. The number of terminal acetylenes is 1. The minimum atomic E-state index is -0.637. The molecule has 84 valence electrons. The maximum atomic E-state index is 11.5. The number of carbonyl (C=O) groups excluding carboxylic acids is 1. The summed E-state index contributed by atoms with van der Waals surface area (Å²) < 4.78 is 0. The predicted molar refractivity (Wildman–Crippen MR) is 62.2 cm³/mol. The van der Waals surface area contributed by atoms with E-state index >= 15 is 0 Å². The van der Waals surface area contributed by atoms with Crippen molar-refractivity contribution in [1.29, 1.82) is 0 Å². The van der Waals surface area contributed by atoms with Gasteiger partial charge in [-0.3, -0.25) is 9.78 Å². The maximum absolute atomic E-state index is 11.5. The molecule has 0 fully saturated rings. The van der Waals surface area contributed by atoms with E-state index in [1.54, 1.807) is 12.4 Å². The number of carbonyl (C=O) groups is 1. The van der Waals surface area contributed by atoms with Crippen molar-refractivity contribution >= 4 is 5.91 Å². The van der Waals surface area contributed by atoms with Crippen LogP contribution < -0.4 is 11.1 Å². The van der Waals surface area contributed by atoms with E-state index in [9.17, 15) is 4.79 Å². The van der Waals surface area contributed by atoms with Gasteiger partial charge in [0.2, 0.25) is 5.91 Å². The molecule has 0 bridgehead atoms. The molecule has 4 heteroatoms. The first-order valence-corrected chi connectivity index (χ1v) is 5.01. The molecule has 1 atom stereocenters. The zero-order chi connectivity index (χ0) is 12.0. The SMILES string of the molecule is C#CCC(N)C(=O)NCc1cnccc1C. The zero-order valence-corrected chi connectivity index (χ0v) is 9.23. The number of pyridine rings is 1. The van der Waals surface area contributed by atoms with E-state index < -0.39 is 6.04 Å². The van der Waals surface area contributed by atoms with Crippen LogP contribution in [0.15, 0.2) is 18.5 Å². The molecule has 1 unspecified atom stereocenters. The number of nitrogens with one attached hydrogen (secondary N) is 1. The van der Waals surface area contributed by atoms with E-state index in [-0.39, 0.29) is 12.3 Å². The van der Waals surface area contributed by atoms with Gasteiger partial charge < -0.3 is 11.1 Å². The Morgan fingerprint density at radius 2 is 2.50 bits per heavy atom. The molecule has 0 radical (unpaired) electrons. The minimum absolute atomic E-state index is 0.235. The molecule has 1 rings (SSSR count). The third kappa shape index (κ3) is 3.37. The van der Waals surface area contributed by atoms with Crippen molar-refractivity contribution in [1.82, 2.24) is 10.3 Å². The first kappa shape index (κ1) is 12.2. The standard InChI is InChI=1S/C12H15N3O/c1-3-4-11(13)12(16)15-8-10-7-14-6-5-9(10)2/h1,5-7,11H,4,8,13H2,2H3,(H,15,16). The van der Waals surface area contributed by atoms with Crippen molar-refractivity contribution in [2.45, 2.75) is 25.9 Å². The van der Waals surface area contributed by atoms with Gasteiger partial charge >= 0.3 is 0 Å². The number of hydrogen-bond acceptors (Lipinski definition) is 3. The van der Waals surface area contributed by atoms with Gasteiger partial charge in [0.1, 0.15) is 0 Å². The predicted octanol–water partition coefficient (Wildman–Crippen LogP) is 0.357. The fourth-order valence-corrected chi connectivity index (χ4v) is 1.21. The van der Waals surface area contributed by atoms with Crippen LogP contribution >= 0.6 is 0 Å². The lowest BCUT2D eigenvalue weighted by Crippen LogP contribution is -2.40. The first-order chi connectivity index (χ1) is 7.65. The zero-order valence-electron chi connectivity index (χ0n) is 9.23. The molecule has 4 nitrogen and oxygen atoms in total. The van der Waals surface area contributed by atoms with Crippen molar-refractivity contribution in [3.8, 4) is 12.3 Å². The number of aromatic nitrogens is 1. The average molecular weight is 217 g/mol. The van der Waals surface area contributed by atoms with Crippen LogP contribution in [0.5, 0.6) is 0 Å². The molecular weight excluding hydrogens is 202 g/mol. The highest BCUT2D eigenvalue weighted by Crippen LogP contribution is 2.04. The molecule has 0 aliphatic carbocycles. The first-order valence-electron chi connectivity index (χ1n) is 5.01. The quantitative estimate of drug-likeness (QED) is 0.715. The molecule has 1 amide bonds. The molecular formula is C12H15N3O. The largest absolute Gasteiger partial charge is 0.351 e. The minimum Gasteiger partial charge on any atom is -0.351 e. The van der Waals surface area contributed by atoms with Gasteiger partial charge in [-0.15, -0.1) is 12.3 Å². The smallest absolute Gasteiger partial charge is 0.238 e. The summed E-state index contributed by atoms with van der Waals surface area (Å²) in [6.07, 6.45) is 8.76. The van der Waals surface area contributed by atoms with Gasteiger partial charge in [-0.05, 0) is 24.1 Å². The van der Waals surface area contributed by atoms with Gasteiger partial charge in [0.25, 0.3) is 0 Å². The molecule has 0 aliphatic heterocycles.